The van der Waals surface area contributed by atoms with Crippen LogP contribution >= 0.6 is 0 Å². The first-order valence-electron chi connectivity index (χ1n) is 9.73. The molecule has 29 heavy (non-hydrogen) atoms. The molecule has 0 aliphatic carbocycles. The minimum atomic E-state index is -0.553. The lowest BCUT2D eigenvalue weighted by molar-refractivity contribution is -0.151. The van der Waals surface area contributed by atoms with Gasteiger partial charge in [0, 0.05) is 18.7 Å². The monoisotopic (exact) mass is 394 g/mol. The second kappa shape index (κ2) is 8.90. The zero-order chi connectivity index (χ0) is 21.0. The number of likely N-dealkylation sites (tertiary alicyclic amines) is 1. The second-order valence-electron chi connectivity index (χ2n) is 7.49. The fraction of sp³-hybridized carbons (Fsp3) is 0.348. The summed E-state index contributed by atoms with van der Waals surface area (Å²) in [5.74, 6) is -1.55. The summed E-state index contributed by atoms with van der Waals surface area (Å²) in [6.07, 6.45) is 0.106. The molecule has 1 aliphatic rings. The highest BCUT2D eigenvalue weighted by molar-refractivity contribution is 5.93. The van der Waals surface area contributed by atoms with Crippen molar-refractivity contribution in [3.05, 3.63) is 65.2 Å². The number of aryl methyl sites for hydroxylation is 2. The Bertz CT molecular complexity index is 910. The maximum Gasteiger partial charge on any atom is 0.311 e. The van der Waals surface area contributed by atoms with Gasteiger partial charge in [-0.1, -0.05) is 36.4 Å². The van der Waals surface area contributed by atoms with Gasteiger partial charge in [0.05, 0.1) is 12.0 Å². The van der Waals surface area contributed by atoms with Gasteiger partial charge in [-0.05, 0) is 49.6 Å². The lowest BCUT2D eigenvalue weighted by Gasteiger charge is -2.25. The molecule has 2 amide bonds. The van der Waals surface area contributed by atoms with E-state index < -0.39 is 17.8 Å². The maximum atomic E-state index is 12.4. The standard InChI is InChI=1S/C23H26N2O4/c1-15-9-10-20(11-16(15)2)24-21(26)14-29-23(28)19-12-22(27)25(13-19)17(3)18-7-5-4-6-8-18/h4-11,17,19H,12-14H2,1-3H3,(H,24,26)/t17-,19+/m0/s1. The third kappa shape index (κ3) is 5.02. The van der Waals surface area contributed by atoms with Crippen LogP contribution in [0.25, 0.3) is 0 Å². The largest absolute Gasteiger partial charge is 0.455 e. The average molecular weight is 394 g/mol. The zero-order valence-corrected chi connectivity index (χ0v) is 17.0. The Morgan fingerprint density at radius 1 is 1.14 bits per heavy atom. The van der Waals surface area contributed by atoms with Gasteiger partial charge >= 0.3 is 5.97 Å². The lowest BCUT2D eigenvalue weighted by Crippen LogP contribution is -2.30. The number of amides is 2. The van der Waals surface area contributed by atoms with Crippen LogP contribution in [0.1, 0.15) is 36.1 Å². The van der Waals surface area contributed by atoms with E-state index >= 15 is 0 Å². The Labute approximate surface area is 170 Å². The van der Waals surface area contributed by atoms with Crippen LogP contribution in [-0.4, -0.2) is 35.8 Å². The molecule has 0 saturated carbocycles. The molecule has 1 heterocycles. The van der Waals surface area contributed by atoms with Crippen molar-refractivity contribution in [2.75, 3.05) is 18.5 Å². The van der Waals surface area contributed by atoms with E-state index in [9.17, 15) is 14.4 Å². The molecule has 1 aliphatic heterocycles. The SMILES string of the molecule is Cc1ccc(NC(=O)COC(=O)[C@@H]2CC(=O)N([C@@H](C)c3ccccc3)C2)cc1C. The molecule has 3 rings (SSSR count). The predicted molar refractivity (Wildman–Crippen MR) is 110 cm³/mol. The molecule has 2 atom stereocenters. The third-order valence-electron chi connectivity index (χ3n) is 5.38. The molecule has 2 aromatic carbocycles. The summed E-state index contributed by atoms with van der Waals surface area (Å²) < 4.78 is 5.17. The summed E-state index contributed by atoms with van der Waals surface area (Å²) in [5, 5.41) is 2.72. The van der Waals surface area contributed by atoms with Gasteiger partial charge in [0.1, 0.15) is 0 Å². The van der Waals surface area contributed by atoms with E-state index in [1.54, 1.807) is 11.0 Å². The number of rotatable bonds is 6. The number of hydrogen-bond acceptors (Lipinski definition) is 4. The van der Waals surface area contributed by atoms with E-state index in [1.807, 2.05) is 63.2 Å². The summed E-state index contributed by atoms with van der Waals surface area (Å²) in [5.41, 5.74) is 3.88. The van der Waals surface area contributed by atoms with Crippen molar-refractivity contribution in [3.63, 3.8) is 0 Å². The Morgan fingerprint density at radius 2 is 1.86 bits per heavy atom. The molecule has 1 fully saturated rings. The van der Waals surface area contributed by atoms with Gasteiger partial charge in [-0.25, -0.2) is 0 Å². The maximum absolute atomic E-state index is 12.4. The number of carbonyl (C=O) groups excluding carboxylic acids is 3. The molecule has 152 valence electrons. The molecule has 0 unspecified atom stereocenters. The fourth-order valence-electron chi connectivity index (χ4n) is 3.45. The van der Waals surface area contributed by atoms with Crippen molar-refractivity contribution >= 4 is 23.5 Å². The molecule has 1 N–H and O–H groups in total. The number of benzene rings is 2. The van der Waals surface area contributed by atoms with Crippen molar-refractivity contribution in [1.29, 1.82) is 0 Å². The first kappa shape index (κ1) is 20.6. The highest BCUT2D eigenvalue weighted by Gasteiger charge is 2.38. The molecule has 0 bridgehead atoms. The van der Waals surface area contributed by atoms with Crippen LogP contribution in [0.4, 0.5) is 5.69 Å². The number of carbonyl (C=O) groups is 3. The quantitative estimate of drug-likeness (QED) is 0.762. The molecule has 1 saturated heterocycles. The van der Waals surface area contributed by atoms with Crippen LogP contribution in [0, 0.1) is 19.8 Å². The van der Waals surface area contributed by atoms with Crippen LogP contribution in [0.5, 0.6) is 0 Å². The molecule has 6 nitrogen and oxygen atoms in total. The van der Waals surface area contributed by atoms with Gasteiger partial charge < -0.3 is 15.0 Å². The molecule has 0 spiro atoms. The Kier molecular flexibility index (Phi) is 6.32. The van der Waals surface area contributed by atoms with Gasteiger partial charge in [-0.3, -0.25) is 14.4 Å². The molecule has 0 radical (unpaired) electrons. The van der Waals surface area contributed by atoms with Crippen molar-refractivity contribution in [2.24, 2.45) is 5.92 Å². The minimum Gasteiger partial charge on any atom is -0.455 e. The Balaban J connectivity index is 1.51. The summed E-state index contributed by atoms with van der Waals surface area (Å²) >= 11 is 0. The van der Waals surface area contributed by atoms with Gasteiger partial charge in [0.15, 0.2) is 6.61 Å². The lowest BCUT2D eigenvalue weighted by atomic mass is 10.1. The van der Waals surface area contributed by atoms with E-state index in [0.29, 0.717) is 12.2 Å². The number of nitrogens with zero attached hydrogens (tertiary/aromatic N) is 1. The first-order valence-corrected chi connectivity index (χ1v) is 9.73. The third-order valence-corrected chi connectivity index (χ3v) is 5.38. The van der Waals surface area contributed by atoms with Gasteiger partial charge in [-0.2, -0.15) is 0 Å². The van der Waals surface area contributed by atoms with Crippen molar-refractivity contribution < 1.29 is 19.1 Å². The van der Waals surface area contributed by atoms with Crippen LogP contribution in [0.2, 0.25) is 0 Å². The summed E-state index contributed by atoms with van der Waals surface area (Å²) in [6.45, 7) is 5.83. The van der Waals surface area contributed by atoms with E-state index in [-0.39, 0.29) is 25.0 Å². The van der Waals surface area contributed by atoms with Crippen LogP contribution < -0.4 is 5.32 Å². The van der Waals surface area contributed by atoms with Crippen molar-refractivity contribution in [3.8, 4) is 0 Å². The van der Waals surface area contributed by atoms with E-state index in [2.05, 4.69) is 5.32 Å². The Morgan fingerprint density at radius 3 is 2.55 bits per heavy atom. The highest BCUT2D eigenvalue weighted by Crippen LogP contribution is 2.29. The predicted octanol–water partition coefficient (Wildman–Crippen LogP) is 3.39. The average Bonchev–Trinajstić information content (AvgIpc) is 3.11. The van der Waals surface area contributed by atoms with Crippen molar-refractivity contribution in [2.45, 2.75) is 33.2 Å². The fourth-order valence-corrected chi connectivity index (χ4v) is 3.45. The van der Waals surface area contributed by atoms with Gasteiger partial charge in [0.2, 0.25) is 5.91 Å². The number of hydrogen-bond donors (Lipinski definition) is 1. The summed E-state index contributed by atoms with van der Waals surface area (Å²) in [6, 6.07) is 15.2. The van der Waals surface area contributed by atoms with Gasteiger partial charge in [-0.15, -0.1) is 0 Å². The minimum absolute atomic E-state index is 0.0807. The number of ether oxygens (including phenoxy) is 1. The molecular weight excluding hydrogens is 368 g/mol. The smallest absolute Gasteiger partial charge is 0.311 e. The van der Waals surface area contributed by atoms with Gasteiger partial charge in [0.25, 0.3) is 5.91 Å². The normalized spacial score (nSPS) is 17.1. The number of nitrogens with one attached hydrogen (secondary N) is 1. The first-order chi connectivity index (χ1) is 13.8. The molecular formula is C23H26N2O4. The Hall–Kier alpha value is -3.15. The number of anilines is 1. The molecule has 6 heteroatoms. The van der Waals surface area contributed by atoms with E-state index in [1.165, 1.54) is 0 Å². The highest BCUT2D eigenvalue weighted by atomic mass is 16.5. The van der Waals surface area contributed by atoms with Crippen LogP contribution in [0.3, 0.4) is 0 Å². The summed E-state index contributed by atoms with van der Waals surface area (Å²) in [7, 11) is 0. The zero-order valence-electron chi connectivity index (χ0n) is 17.0. The number of esters is 1. The van der Waals surface area contributed by atoms with Crippen molar-refractivity contribution in [1.82, 2.24) is 4.90 Å². The molecule has 0 aromatic heterocycles. The van der Waals surface area contributed by atoms with Crippen LogP contribution in [0.15, 0.2) is 48.5 Å². The summed E-state index contributed by atoms with van der Waals surface area (Å²) in [4.78, 5) is 38.5. The van der Waals surface area contributed by atoms with E-state index in [4.69, 9.17) is 4.74 Å². The van der Waals surface area contributed by atoms with Crippen LogP contribution in [-0.2, 0) is 19.1 Å². The topological polar surface area (TPSA) is 75.7 Å². The second-order valence-corrected chi connectivity index (χ2v) is 7.49. The molecule has 2 aromatic rings. The van der Waals surface area contributed by atoms with E-state index in [0.717, 1.165) is 16.7 Å².